The number of benzene rings is 2. The molecule has 6 heteroatoms. The van der Waals surface area contributed by atoms with E-state index < -0.39 is 17.6 Å². The van der Waals surface area contributed by atoms with Gasteiger partial charge in [0, 0.05) is 6.07 Å². The number of carbonyl (C=O) groups is 1. The number of carboxylic acid groups (broad SMARTS) is 1. The van der Waals surface area contributed by atoms with Crippen LogP contribution < -0.4 is 4.74 Å². The van der Waals surface area contributed by atoms with Gasteiger partial charge < -0.3 is 9.84 Å². The molecule has 0 aromatic heterocycles. The predicted octanol–water partition coefficient (Wildman–Crippen LogP) is 3.90. The van der Waals surface area contributed by atoms with Gasteiger partial charge in [-0.1, -0.05) is 17.7 Å². The second-order valence-electron chi connectivity index (χ2n) is 3.99. The third-order valence-electron chi connectivity index (χ3n) is 2.50. The van der Waals surface area contributed by atoms with E-state index in [1.807, 2.05) is 0 Å². The number of rotatable bonds is 4. The topological polar surface area (TPSA) is 46.5 Å². The van der Waals surface area contributed by atoms with Crippen molar-refractivity contribution in [3.8, 4) is 5.75 Å². The summed E-state index contributed by atoms with van der Waals surface area (Å²) in [5.74, 6) is -2.71. The fraction of sp³-hybridized carbons (Fsp3) is 0.0714. The first kappa shape index (κ1) is 14.3. The maximum atomic E-state index is 13.0. The zero-order chi connectivity index (χ0) is 14.7. The lowest BCUT2D eigenvalue weighted by Gasteiger charge is -2.11. The molecule has 0 amide bonds. The van der Waals surface area contributed by atoms with Gasteiger partial charge in [-0.2, -0.15) is 0 Å². The highest BCUT2D eigenvalue weighted by atomic mass is 35.5. The molecule has 0 saturated carbocycles. The van der Waals surface area contributed by atoms with Crippen LogP contribution in [0.4, 0.5) is 8.78 Å². The Balaban J connectivity index is 2.25. The van der Waals surface area contributed by atoms with Gasteiger partial charge in [-0.3, -0.25) is 0 Å². The maximum Gasteiger partial charge on any atom is 0.339 e. The third kappa shape index (κ3) is 3.24. The van der Waals surface area contributed by atoms with Crippen molar-refractivity contribution in [2.45, 2.75) is 6.61 Å². The van der Waals surface area contributed by atoms with E-state index in [0.29, 0.717) is 0 Å². The summed E-state index contributed by atoms with van der Waals surface area (Å²) in [7, 11) is 0. The van der Waals surface area contributed by atoms with Crippen molar-refractivity contribution in [3.05, 3.63) is 64.2 Å². The summed E-state index contributed by atoms with van der Waals surface area (Å²) in [5.41, 5.74) is 0.119. The van der Waals surface area contributed by atoms with Gasteiger partial charge in [-0.25, -0.2) is 13.6 Å². The van der Waals surface area contributed by atoms with Crippen LogP contribution in [0.5, 0.6) is 5.75 Å². The molecular weight excluding hydrogens is 290 g/mol. The van der Waals surface area contributed by atoms with Crippen molar-refractivity contribution in [2.75, 3.05) is 0 Å². The molecule has 0 bridgehead atoms. The summed E-state index contributed by atoms with van der Waals surface area (Å²) >= 11 is 5.87. The van der Waals surface area contributed by atoms with Crippen LogP contribution in [0.1, 0.15) is 15.9 Å². The third-order valence-corrected chi connectivity index (χ3v) is 2.80. The van der Waals surface area contributed by atoms with Gasteiger partial charge in [0.2, 0.25) is 0 Å². The van der Waals surface area contributed by atoms with Crippen molar-refractivity contribution >= 4 is 17.6 Å². The fourth-order valence-electron chi connectivity index (χ4n) is 1.67. The van der Waals surface area contributed by atoms with Crippen molar-refractivity contribution < 1.29 is 23.4 Å². The zero-order valence-electron chi connectivity index (χ0n) is 10.1. The minimum absolute atomic E-state index is 0.0358. The number of carboxylic acids is 1. The Hall–Kier alpha value is -2.14. The molecule has 20 heavy (non-hydrogen) atoms. The first-order valence-electron chi connectivity index (χ1n) is 5.57. The van der Waals surface area contributed by atoms with Crippen molar-refractivity contribution in [2.24, 2.45) is 0 Å². The fourth-order valence-corrected chi connectivity index (χ4v) is 1.90. The molecule has 2 aromatic rings. The molecule has 0 unspecified atom stereocenters. The molecule has 0 spiro atoms. The molecular formula is C14H9ClF2O3. The second-order valence-corrected chi connectivity index (χ2v) is 4.40. The molecule has 0 saturated heterocycles. The van der Waals surface area contributed by atoms with Crippen LogP contribution in [-0.2, 0) is 6.61 Å². The molecule has 0 heterocycles. The molecule has 0 fully saturated rings. The van der Waals surface area contributed by atoms with Gasteiger partial charge in [-0.05, 0) is 29.8 Å². The summed E-state index contributed by atoms with van der Waals surface area (Å²) in [5, 5.41) is 9.13. The van der Waals surface area contributed by atoms with E-state index in [1.165, 1.54) is 18.2 Å². The number of hydrogen-bond donors (Lipinski definition) is 1. The molecule has 0 aliphatic heterocycles. The van der Waals surface area contributed by atoms with E-state index in [0.717, 1.165) is 18.2 Å². The number of ether oxygens (including phenoxy) is 1. The van der Waals surface area contributed by atoms with Gasteiger partial charge in [-0.15, -0.1) is 0 Å². The molecule has 0 aliphatic carbocycles. The quantitative estimate of drug-likeness (QED) is 0.931. The number of hydrogen-bond acceptors (Lipinski definition) is 2. The molecule has 0 atom stereocenters. The molecule has 3 nitrogen and oxygen atoms in total. The number of para-hydroxylation sites is 1. The van der Waals surface area contributed by atoms with Crippen LogP contribution >= 0.6 is 11.6 Å². The highest BCUT2D eigenvalue weighted by Crippen LogP contribution is 2.29. The van der Waals surface area contributed by atoms with Crippen LogP contribution in [0.2, 0.25) is 5.02 Å². The molecule has 1 N–H and O–H groups in total. The standard InChI is InChI=1S/C14H9ClF2O3/c15-12-3-1-2-11(14(18)19)13(12)20-7-8-4-9(16)6-10(17)5-8/h1-6H,7H2,(H,18,19). The Kier molecular flexibility index (Phi) is 4.20. The Morgan fingerprint density at radius 3 is 2.45 bits per heavy atom. The van der Waals surface area contributed by atoms with E-state index in [-0.39, 0.29) is 28.5 Å². The first-order valence-corrected chi connectivity index (χ1v) is 5.95. The van der Waals surface area contributed by atoms with Crippen molar-refractivity contribution in [3.63, 3.8) is 0 Å². The molecule has 2 aromatic carbocycles. The predicted molar refractivity (Wildman–Crippen MR) is 69.1 cm³/mol. The molecule has 0 radical (unpaired) electrons. The molecule has 2 rings (SSSR count). The normalized spacial score (nSPS) is 10.3. The second kappa shape index (κ2) is 5.88. The first-order chi connectivity index (χ1) is 9.47. The van der Waals surface area contributed by atoms with Crippen LogP contribution in [0.25, 0.3) is 0 Å². The van der Waals surface area contributed by atoms with E-state index in [1.54, 1.807) is 0 Å². The van der Waals surface area contributed by atoms with Gasteiger partial charge in [0.15, 0.2) is 5.75 Å². The van der Waals surface area contributed by atoms with Crippen LogP contribution in [0, 0.1) is 11.6 Å². The summed E-state index contributed by atoms with van der Waals surface area (Å²) in [4.78, 5) is 11.0. The maximum absolute atomic E-state index is 13.0. The Morgan fingerprint density at radius 1 is 1.20 bits per heavy atom. The Morgan fingerprint density at radius 2 is 1.85 bits per heavy atom. The van der Waals surface area contributed by atoms with Gasteiger partial charge >= 0.3 is 5.97 Å². The van der Waals surface area contributed by atoms with Gasteiger partial charge in [0.1, 0.15) is 23.8 Å². The number of aromatic carboxylic acids is 1. The summed E-state index contributed by atoms with van der Waals surface area (Å²) in [6.45, 7) is -0.196. The van der Waals surface area contributed by atoms with Crippen LogP contribution in [0.3, 0.4) is 0 Å². The molecule has 0 aliphatic rings. The Bertz CT molecular complexity index is 639. The Labute approximate surface area is 118 Å². The lowest BCUT2D eigenvalue weighted by atomic mass is 10.2. The molecule has 104 valence electrons. The van der Waals surface area contributed by atoms with E-state index in [9.17, 15) is 13.6 Å². The highest BCUT2D eigenvalue weighted by molar-refractivity contribution is 6.32. The van der Waals surface area contributed by atoms with Crippen LogP contribution in [-0.4, -0.2) is 11.1 Å². The summed E-state index contributed by atoms with van der Waals surface area (Å²) in [6.07, 6.45) is 0. The van der Waals surface area contributed by atoms with Crippen LogP contribution in [0.15, 0.2) is 36.4 Å². The monoisotopic (exact) mass is 298 g/mol. The smallest absolute Gasteiger partial charge is 0.339 e. The minimum atomic E-state index is -1.20. The van der Waals surface area contributed by atoms with Gasteiger partial charge in [0.05, 0.1) is 5.02 Å². The average Bonchev–Trinajstić information content (AvgIpc) is 2.35. The van der Waals surface area contributed by atoms with Crippen molar-refractivity contribution in [1.82, 2.24) is 0 Å². The van der Waals surface area contributed by atoms with Crippen molar-refractivity contribution in [1.29, 1.82) is 0 Å². The van der Waals surface area contributed by atoms with E-state index in [4.69, 9.17) is 21.4 Å². The zero-order valence-corrected chi connectivity index (χ0v) is 10.8. The van der Waals surface area contributed by atoms with Gasteiger partial charge in [0.25, 0.3) is 0 Å². The lowest BCUT2D eigenvalue weighted by Crippen LogP contribution is -2.04. The van der Waals surface area contributed by atoms with E-state index >= 15 is 0 Å². The lowest BCUT2D eigenvalue weighted by molar-refractivity contribution is 0.0691. The SMILES string of the molecule is O=C(O)c1cccc(Cl)c1OCc1cc(F)cc(F)c1. The average molecular weight is 299 g/mol. The number of halogens is 3. The summed E-state index contributed by atoms with van der Waals surface area (Å²) < 4.78 is 31.3. The minimum Gasteiger partial charge on any atom is -0.486 e. The highest BCUT2D eigenvalue weighted by Gasteiger charge is 2.14. The van der Waals surface area contributed by atoms with E-state index in [2.05, 4.69) is 0 Å². The summed E-state index contributed by atoms with van der Waals surface area (Å²) in [6, 6.07) is 7.20. The largest absolute Gasteiger partial charge is 0.486 e.